The number of ether oxygens (including phenoxy) is 1. The first kappa shape index (κ1) is 8.06. The molecule has 0 aromatic heterocycles. The molecular weight excluding hydrogens is 142 g/mol. The highest BCUT2D eigenvalue weighted by Crippen LogP contribution is 2.24. The maximum atomic E-state index is 11.0. The van der Waals surface area contributed by atoms with Gasteiger partial charge in [-0.2, -0.15) is 0 Å². The minimum atomic E-state index is -0.341. The molecule has 1 rings (SSSR count). The molecule has 0 bridgehead atoms. The van der Waals surface area contributed by atoms with Crippen LogP contribution in [0.4, 0.5) is 0 Å². The zero-order valence-electron chi connectivity index (χ0n) is 6.38. The molecule has 0 atom stereocenters. The molecule has 0 radical (unpaired) electrons. The summed E-state index contributed by atoms with van der Waals surface area (Å²) < 4.78 is 4.25. The highest BCUT2D eigenvalue weighted by Gasteiger charge is 2.22. The fourth-order valence-electron chi connectivity index (χ4n) is 1.47. The van der Waals surface area contributed by atoms with E-state index in [0.29, 0.717) is 0 Å². The first-order valence-corrected chi connectivity index (χ1v) is 3.94. The minimum Gasteiger partial charge on any atom is -0.351 e. The smallest absolute Gasteiger partial charge is 0.324 e. The molecule has 0 amide bonds. The maximum Gasteiger partial charge on any atom is 0.324 e. The van der Waals surface area contributed by atoms with Crippen LogP contribution >= 0.6 is 0 Å². The molecule has 0 heterocycles. The van der Waals surface area contributed by atoms with Crippen molar-refractivity contribution in [2.24, 2.45) is 5.92 Å². The fraction of sp³-hybridized carbons (Fsp3) is 0.750. The second-order valence-electron chi connectivity index (χ2n) is 2.85. The van der Waals surface area contributed by atoms with Gasteiger partial charge in [0.15, 0.2) is 0 Å². The summed E-state index contributed by atoms with van der Waals surface area (Å²) in [6.07, 6.45) is 6.58. The molecule has 0 saturated heterocycles. The Morgan fingerprint density at radius 1 is 1.36 bits per heavy atom. The van der Waals surface area contributed by atoms with Gasteiger partial charge in [-0.25, -0.2) is 0 Å². The number of carbonyl (C=O) groups is 1. The predicted molar refractivity (Wildman–Crippen MR) is 38.3 cm³/mol. The van der Waals surface area contributed by atoms with Crippen molar-refractivity contribution in [1.29, 1.82) is 5.26 Å². The van der Waals surface area contributed by atoms with Crippen LogP contribution in [0.25, 0.3) is 0 Å². The number of hydrogen-bond acceptors (Lipinski definition) is 3. The van der Waals surface area contributed by atoms with Crippen LogP contribution in [0.1, 0.15) is 32.1 Å². The number of nitriles is 1. The molecular formula is C8H11NO2. The maximum absolute atomic E-state index is 11.0. The van der Waals surface area contributed by atoms with Crippen LogP contribution in [0.2, 0.25) is 0 Å². The Bertz CT molecular complexity index is 177. The zero-order chi connectivity index (χ0) is 8.10. The van der Waals surface area contributed by atoms with E-state index in [4.69, 9.17) is 5.26 Å². The van der Waals surface area contributed by atoms with Crippen molar-refractivity contribution < 1.29 is 9.53 Å². The number of hydrogen-bond donors (Lipinski definition) is 0. The molecule has 1 aliphatic carbocycles. The normalized spacial score (nSPS) is 18.8. The summed E-state index contributed by atoms with van der Waals surface area (Å²) in [7, 11) is 0. The third-order valence-corrected chi connectivity index (χ3v) is 2.08. The van der Waals surface area contributed by atoms with Crippen LogP contribution in [0.3, 0.4) is 0 Å². The Labute approximate surface area is 66.0 Å². The van der Waals surface area contributed by atoms with E-state index < -0.39 is 0 Å². The quantitative estimate of drug-likeness (QED) is 0.424. The lowest BCUT2D eigenvalue weighted by molar-refractivity contribution is -0.142. The highest BCUT2D eigenvalue weighted by atomic mass is 16.5. The van der Waals surface area contributed by atoms with E-state index in [-0.39, 0.29) is 11.9 Å². The predicted octanol–water partition coefficient (Wildman–Crippen LogP) is 1.59. The second kappa shape index (κ2) is 3.97. The average Bonchev–Trinajstić information content (AvgIpc) is 2.07. The second-order valence-corrected chi connectivity index (χ2v) is 2.85. The van der Waals surface area contributed by atoms with Gasteiger partial charge in [0.1, 0.15) is 0 Å². The minimum absolute atomic E-state index is 0.0107. The number of carbonyl (C=O) groups excluding carboxylic acids is 1. The standard InChI is InChI=1S/C8H11NO2/c9-6-11-8(10)7-4-2-1-3-5-7/h7H,1-5H2. The summed E-state index contributed by atoms with van der Waals surface area (Å²) in [5, 5.41) is 8.07. The molecule has 0 aromatic carbocycles. The molecule has 1 aliphatic rings. The van der Waals surface area contributed by atoms with Crippen molar-refractivity contribution in [3.63, 3.8) is 0 Å². The molecule has 0 aromatic rings. The molecule has 11 heavy (non-hydrogen) atoms. The Kier molecular flexibility index (Phi) is 2.91. The van der Waals surface area contributed by atoms with E-state index in [1.807, 2.05) is 0 Å². The van der Waals surface area contributed by atoms with Gasteiger partial charge < -0.3 is 4.74 Å². The first-order chi connectivity index (χ1) is 5.34. The van der Waals surface area contributed by atoms with Crippen LogP contribution in [0.5, 0.6) is 0 Å². The average molecular weight is 153 g/mol. The number of rotatable bonds is 1. The monoisotopic (exact) mass is 153 g/mol. The van der Waals surface area contributed by atoms with E-state index in [0.717, 1.165) is 25.7 Å². The van der Waals surface area contributed by atoms with Crippen molar-refractivity contribution in [3.8, 4) is 6.26 Å². The lowest BCUT2D eigenvalue weighted by Gasteiger charge is -2.17. The lowest BCUT2D eigenvalue weighted by atomic mass is 9.89. The van der Waals surface area contributed by atoms with Gasteiger partial charge in [-0.1, -0.05) is 19.3 Å². The fourth-order valence-corrected chi connectivity index (χ4v) is 1.47. The first-order valence-electron chi connectivity index (χ1n) is 3.94. The van der Waals surface area contributed by atoms with E-state index in [2.05, 4.69) is 4.74 Å². The van der Waals surface area contributed by atoms with Crippen LogP contribution < -0.4 is 0 Å². The van der Waals surface area contributed by atoms with Crippen LogP contribution in [0, 0.1) is 17.4 Å². The van der Waals surface area contributed by atoms with E-state index in [9.17, 15) is 4.79 Å². The summed E-state index contributed by atoms with van der Waals surface area (Å²) in [5.74, 6) is -0.351. The van der Waals surface area contributed by atoms with Gasteiger partial charge in [0.25, 0.3) is 6.26 Å². The zero-order valence-corrected chi connectivity index (χ0v) is 6.38. The summed E-state index contributed by atoms with van der Waals surface area (Å²) in [6.45, 7) is 0. The van der Waals surface area contributed by atoms with Gasteiger partial charge in [0, 0.05) is 0 Å². The molecule has 0 unspecified atom stereocenters. The Morgan fingerprint density at radius 2 is 2.00 bits per heavy atom. The van der Waals surface area contributed by atoms with Crippen molar-refractivity contribution in [1.82, 2.24) is 0 Å². The summed E-state index contributed by atoms with van der Waals surface area (Å²) >= 11 is 0. The molecule has 0 spiro atoms. The molecule has 3 heteroatoms. The van der Waals surface area contributed by atoms with Gasteiger partial charge >= 0.3 is 5.97 Å². The number of esters is 1. The molecule has 0 N–H and O–H groups in total. The Hall–Kier alpha value is -1.04. The van der Waals surface area contributed by atoms with E-state index in [1.54, 1.807) is 0 Å². The van der Waals surface area contributed by atoms with Crippen molar-refractivity contribution in [2.75, 3.05) is 0 Å². The molecule has 1 fully saturated rings. The third kappa shape index (κ3) is 2.23. The third-order valence-electron chi connectivity index (χ3n) is 2.08. The molecule has 1 saturated carbocycles. The molecule has 60 valence electrons. The topological polar surface area (TPSA) is 50.1 Å². The van der Waals surface area contributed by atoms with Gasteiger partial charge in [-0.15, -0.1) is 5.26 Å². The molecule has 0 aliphatic heterocycles. The molecule has 3 nitrogen and oxygen atoms in total. The van der Waals surface area contributed by atoms with Crippen LogP contribution in [0.15, 0.2) is 0 Å². The highest BCUT2D eigenvalue weighted by molar-refractivity contribution is 5.73. The van der Waals surface area contributed by atoms with Gasteiger partial charge in [-0.05, 0) is 12.8 Å². The van der Waals surface area contributed by atoms with E-state index in [1.165, 1.54) is 12.7 Å². The summed E-state index contributed by atoms with van der Waals surface area (Å²) in [4.78, 5) is 11.0. The van der Waals surface area contributed by atoms with E-state index >= 15 is 0 Å². The number of nitrogens with zero attached hydrogens (tertiary/aromatic N) is 1. The van der Waals surface area contributed by atoms with Gasteiger partial charge in [0.2, 0.25) is 0 Å². The van der Waals surface area contributed by atoms with Gasteiger partial charge in [-0.3, -0.25) is 4.79 Å². The van der Waals surface area contributed by atoms with Crippen LogP contribution in [-0.4, -0.2) is 5.97 Å². The largest absolute Gasteiger partial charge is 0.351 e. The SMILES string of the molecule is N#COC(=O)C1CCCCC1. The lowest BCUT2D eigenvalue weighted by Crippen LogP contribution is -2.18. The summed E-state index contributed by atoms with van der Waals surface area (Å²) in [5.41, 5.74) is 0. The van der Waals surface area contributed by atoms with Crippen molar-refractivity contribution >= 4 is 5.97 Å². The van der Waals surface area contributed by atoms with Crippen molar-refractivity contribution in [3.05, 3.63) is 0 Å². The Morgan fingerprint density at radius 3 is 2.55 bits per heavy atom. The van der Waals surface area contributed by atoms with Crippen molar-refractivity contribution in [2.45, 2.75) is 32.1 Å². The van der Waals surface area contributed by atoms with Gasteiger partial charge in [0.05, 0.1) is 5.92 Å². The summed E-state index contributed by atoms with van der Waals surface area (Å²) in [6, 6.07) is 0. The Balaban J connectivity index is 2.34. The van der Waals surface area contributed by atoms with Crippen LogP contribution in [-0.2, 0) is 9.53 Å².